The Morgan fingerprint density at radius 2 is 2.12 bits per heavy atom. The highest BCUT2D eigenvalue weighted by Gasteiger charge is 2.22. The van der Waals surface area contributed by atoms with E-state index in [2.05, 4.69) is 15.5 Å². The average molecular weight is 365 g/mol. The average Bonchev–Trinajstić information content (AvgIpc) is 3.08. The molecule has 0 radical (unpaired) electrons. The summed E-state index contributed by atoms with van der Waals surface area (Å²) >= 11 is 0. The van der Waals surface area contributed by atoms with E-state index in [-0.39, 0.29) is 24.4 Å². The summed E-state index contributed by atoms with van der Waals surface area (Å²) < 4.78 is 18.6. The number of rotatable bonds is 10. The Labute approximate surface area is 154 Å². The predicted octanol–water partition coefficient (Wildman–Crippen LogP) is 1.42. The molecule has 0 unspecified atom stereocenters. The van der Waals surface area contributed by atoms with E-state index in [4.69, 9.17) is 4.74 Å². The lowest BCUT2D eigenvalue weighted by molar-refractivity contribution is -0.121. The number of halogens is 1. The number of benzene rings is 1. The van der Waals surface area contributed by atoms with Crippen LogP contribution in [0, 0.1) is 11.7 Å². The van der Waals surface area contributed by atoms with Crippen molar-refractivity contribution in [1.29, 1.82) is 0 Å². The SMILES string of the molecule is COCCCN1CC[C@H](CNC(=O)CCNC(=O)c2ccccc2F)C1. The quantitative estimate of drug-likeness (QED) is 0.615. The van der Waals surface area contributed by atoms with Gasteiger partial charge in [0.05, 0.1) is 5.56 Å². The topological polar surface area (TPSA) is 70.7 Å². The molecule has 2 N–H and O–H groups in total. The summed E-state index contributed by atoms with van der Waals surface area (Å²) in [6.07, 6.45) is 2.29. The molecule has 1 atom stereocenters. The minimum Gasteiger partial charge on any atom is -0.385 e. The lowest BCUT2D eigenvalue weighted by atomic mass is 10.1. The number of nitrogens with one attached hydrogen (secondary N) is 2. The molecule has 7 heteroatoms. The van der Waals surface area contributed by atoms with Gasteiger partial charge in [-0.15, -0.1) is 0 Å². The van der Waals surface area contributed by atoms with Crippen molar-refractivity contribution in [3.63, 3.8) is 0 Å². The highest BCUT2D eigenvalue weighted by atomic mass is 19.1. The number of amides is 2. The maximum atomic E-state index is 13.5. The summed E-state index contributed by atoms with van der Waals surface area (Å²) in [5.41, 5.74) is -0.00701. The normalized spacial score (nSPS) is 17.2. The molecule has 0 aromatic heterocycles. The highest BCUT2D eigenvalue weighted by Crippen LogP contribution is 2.15. The molecular formula is C19H28FN3O3. The third kappa shape index (κ3) is 6.72. The number of hydrogen-bond acceptors (Lipinski definition) is 4. The van der Waals surface area contributed by atoms with E-state index in [0.29, 0.717) is 12.5 Å². The Kier molecular flexibility index (Phi) is 8.50. The highest BCUT2D eigenvalue weighted by molar-refractivity contribution is 5.94. The smallest absolute Gasteiger partial charge is 0.254 e. The summed E-state index contributed by atoms with van der Waals surface area (Å²) in [6.45, 7) is 4.70. The van der Waals surface area contributed by atoms with Gasteiger partial charge in [-0.1, -0.05) is 12.1 Å². The Morgan fingerprint density at radius 1 is 1.31 bits per heavy atom. The second-order valence-corrected chi connectivity index (χ2v) is 6.59. The Hall–Kier alpha value is -1.99. The van der Waals surface area contributed by atoms with Crippen LogP contribution in [0.3, 0.4) is 0 Å². The molecule has 26 heavy (non-hydrogen) atoms. The van der Waals surface area contributed by atoms with Gasteiger partial charge in [-0.2, -0.15) is 0 Å². The van der Waals surface area contributed by atoms with E-state index in [1.807, 2.05) is 0 Å². The first-order valence-corrected chi connectivity index (χ1v) is 9.11. The van der Waals surface area contributed by atoms with E-state index in [1.165, 1.54) is 18.2 Å². The molecule has 2 rings (SSSR count). The van der Waals surface area contributed by atoms with Gasteiger partial charge in [0.15, 0.2) is 0 Å². The van der Waals surface area contributed by atoms with Crippen LogP contribution in [0.4, 0.5) is 4.39 Å². The third-order valence-electron chi connectivity index (χ3n) is 4.54. The number of carbonyl (C=O) groups excluding carboxylic acids is 2. The summed E-state index contributed by atoms with van der Waals surface area (Å²) in [6, 6.07) is 5.79. The zero-order valence-corrected chi connectivity index (χ0v) is 15.3. The molecule has 1 heterocycles. The maximum absolute atomic E-state index is 13.5. The van der Waals surface area contributed by atoms with Gasteiger partial charge in [0.25, 0.3) is 5.91 Å². The predicted molar refractivity (Wildman–Crippen MR) is 97.4 cm³/mol. The van der Waals surface area contributed by atoms with Crippen molar-refractivity contribution in [3.8, 4) is 0 Å². The minimum atomic E-state index is -0.564. The molecule has 6 nitrogen and oxygen atoms in total. The Balaban J connectivity index is 1.58. The minimum absolute atomic E-state index is 0.00701. The van der Waals surface area contributed by atoms with Crippen LogP contribution in [-0.4, -0.2) is 63.2 Å². The van der Waals surface area contributed by atoms with Crippen LogP contribution in [0.1, 0.15) is 29.6 Å². The van der Waals surface area contributed by atoms with E-state index in [1.54, 1.807) is 13.2 Å². The molecule has 0 aliphatic carbocycles. The summed E-state index contributed by atoms with van der Waals surface area (Å²) in [5, 5.41) is 5.50. The van der Waals surface area contributed by atoms with Crippen molar-refractivity contribution >= 4 is 11.8 Å². The lowest BCUT2D eigenvalue weighted by Crippen LogP contribution is -2.34. The van der Waals surface area contributed by atoms with E-state index in [9.17, 15) is 14.0 Å². The number of hydrogen-bond donors (Lipinski definition) is 2. The molecule has 2 amide bonds. The van der Waals surface area contributed by atoms with Gasteiger partial charge in [0, 0.05) is 46.3 Å². The summed E-state index contributed by atoms with van der Waals surface area (Å²) in [5.74, 6) is -0.699. The first-order chi connectivity index (χ1) is 12.6. The second-order valence-electron chi connectivity index (χ2n) is 6.59. The van der Waals surface area contributed by atoms with Gasteiger partial charge in [0.1, 0.15) is 5.82 Å². The number of carbonyl (C=O) groups is 2. The molecule has 1 saturated heterocycles. The van der Waals surface area contributed by atoms with E-state index in [0.717, 1.165) is 39.1 Å². The van der Waals surface area contributed by atoms with E-state index >= 15 is 0 Å². The van der Waals surface area contributed by atoms with Gasteiger partial charge in [-0.25, -0.2) is 4.39 Å². The van der Waals surface area contributed by atoms with Crippen LogP contribution < -0.4 is 10.6 Å². The van der Waals surface area contributed by atoms with Gasteiger partial charge in [0.2, 0.25) is 5.91 Å². The van der Waals surface area contributed by atoms with Crippen LogP contribution >= 0.6 is 0 Å². The van der Waals surface area contributed by atoms with Gasteiger partial charge in [-0.3, -0.25) is 9.59 Å². The van der Waals surface area contributed by atoms with Crippen LogP contribution in [0.15, 0.2) is 24.3 Å². The van der Waals surface area contributed by atoms with Crippen LogP contribution in [0.2, 0.25) is 0 Å². The molecule has 144 valence electrons. The molecule has 1 aromatic rings. The van der Waals surface area contributed by atoms with Crippen molar-refractivity contribution in [2.24, 2.45) is 5.92 Å². The molecule has 1 aliphatic heterocycles. The molecule has 0 saturated carbocycles. The van der Waals surface area contributed by atoms with Crippen LogP contribution in [-0.2, 0) is 9.53 Å². The Morgan fingerprint density at radius 3 is 2.88 bits per heavy atom. The fourth-order valence-electron chi connectivity index (χ4n) is 3.09. The van der Waals surface area contributed by atoms with Crippen molar-refractivity contribution < 1.29 is 18.7 Å². The first kappa shape index (κ1) is 20.3. The van der Waals surface area contributed by atoms with Crippen molar-refractivity contribution in [1.82, 2.24) is 15.5 Å². The van der Waals surface area contributed by atoms with Crippen molar-refractivity contribution in [3.05, 3.63) is 35.6 Å². The third-order valence-corrected chi connectivity index (χ3v) is 4.54. The van der Waals surface area contributed by atoms with Crippen LogP contribution in [0.5, 0.6) is 0 Å². The van der Waals surface area contributed by atoms with E-state index < -0.39 is 11.7 Å². The van der Waals surface area contributed by atoms with Gasteiger partial charge in [-0.05, 0) is 37.4 Å². The largest absolute Gasteiger partial charge is 0.385 e. The summed E-state index contributed by atoms with van der Waals surface area (Å²) in [7, 11) is 1.71. The monoisotopic (exact) mass is 365 g/mol. The zero-order chi connectivity index (χ0) is 18.8. The van der Waals surface area contributed by atoms with Crippen LogP contribution in [0.25, 0.3) is 0 Å². The summed E-state index contributed by atoms with van der Waals surface area (Å²) in [4.78, 5) is 26.2. The molecule has 1 aliphatic rings. The molecule has 1 fully saturated rings. The first-order valence-electron chi connectivity index (χ1n) is 9.11. The molecular weight excluding hydrogens is 337 g/mol. The van der Waals surface area contributed by atoms with Gasteiger partial charge < -0.3 is 20.3 Å². The number of nitrogens with zero attached hydrogens (tertiary/aromatic N) is 1. The molecule has 0 spiro atoms. The molecule has 1 aromatic carbocycles. The Bertz CT molecular complexity index is 597. The number of ether oxygens (including phenoxy) is 1. The standard InChI is InChI=1S/C19H28FN3O3/c1-26-12-4-10-23-11-8-15(14-23)13-22-18(24)7-9-21-19(25)16-5-2-3-6-17(16)20/h2-3,5-6,15H,4,7-14H2,1H3,(H,21,25)(H,22,24)/t15-/m1/s1. The fraction of sp³-hybridized carbons (Fsp3) is 0.579. The number of likely N-dealkylation sites (tertiary alicyclic amines) is 1. The lowest BCUT2D eigenvalue weighted by Gasteiger charge is -2.16. The van der Waals surface area contributed by atoms with Gasteiger partial charge >= 0.3 is 0 Å². The molecule has 0 bridgehead atoms. The second kappa shape index (κ2) is 10.9. The maximum Gasteiger partial charge on any atom is 0.254 e. The zero-order valence-electron chi connectivity index (χ0n) is 15.3. The van der Waals surface area contributed by atoms with Crippen molar-refractivity contribution in [2.45, 2.75) is 19.3 Å². The van der Waals surface area contributed by atoms with Crippen molar-refractivity contribution in [2.75, 3.05) is 46.4 Å². The number of methoxy groups -OCH3 is 1. The fourth-order valence-corrected chi connectivity index (χ4v) is 3.09.